The van der Waals surface area contributed by atoms with Crippen LogP contribution in [0.4, 0.5) is 0 Å². The van der Waals surface area contributed by atoms with Crippen LogP contribution >= 0.6 is 0 Å². The van der Waals surface area contributed by atoms with E-state index in [9.17, 15) is 9.59 Å². The fourth-order valence-electron chi connectivity index (χ4n) is 3.29. The molecular weight excluding hydrogens is 318 g/mol. The number of furan rings is 1. The Morgan fingerprint density at radius 3 is 2.76 bits per heavy atom. The van der Waals surface area contributed by atoms with Crippen molar-refractivity contribution in [2.45, 2.75) is 38.6 Å². The molecule has 1 N–H and O–H groups in total. The van der Waals surface area contributed by atoms with Gasteiger partial charge in [0.25, 0.3) is 0 Å². The van der Waals surface area contributed by atoms with Gasteiger partial charge in [0.05, 0.1) is 12.0 Å². The molecule has 6 nitrogen and oxygen atoms in total. The highest BCUT2D eigenvalue weighted by molar-refractivity contribution is 5.78. The van der Waals surface area contributed by atoms with Crippen LogP contribution in [-0.4, -0.2) is 40.8 Å². The van der Waals surface area contributed by atoms with Crippen LogP contribution in [0.1, 0.15) is 36.5 Å². The first-order valence-electron chi connectivity index (χ1n) is 8.54. The van der Waals surface area contributed by atoms with Gasteiger partial charge in [-0.15, -0.1) is 0 Å². The molecule has 132 valence electrons. The molecule has 2 aromatic heterocycles. The number of nitrogens with zero attached hydrogens (tertiary/aromatic N) is 2. The normalized spacial score (nSPS) is 19.8. The second-order valence-electron chi connectivity index (χ2n) is 6.48. The van der Waals surface area contributed by atoms with Crippen LogP contribution < -0.4 is 5.32 Å². The summed E-state index contributed by atoms with van der Waals surface area (Å²) in [6.45, 7) is 4.45. The first-order chi connectivity index (χ1) is 12.0. The largest absolute Gasteiger partial charge is 0.466 e. The van der Waals surface area contributed by atoms with Gasteiger partial charge >= 0.3 is 0 Å². The molecule has 6 heteroatoms. The van der Waals surface area contributed by atoms with Gasteiger partial charge in [-0.2, -0.15) is 0 Å². The van der Waals surface area contributed by atoms with E-state index < -0.39 is 0 Å². The average molecular weight is 341 g/mol. The number of carbonyl (C=O) groups excluding carboxylic acids is 2. The standard InChI is InChI=1S/C19H23N3O3/c1-13-6-8-18(25-13)16-11-22(12-17(16)21-14(2)23)19(24)9-7-15-5-3-4-10-20-15/h3-6,8,10,16-17H,7,9,11-12H2,1-2H3,(H,21,23)/t16-,17-/m1/s1. The number of nitrogens with one attached hydrogen (secondary N) is 1. The molecule has 0 radical (unpaired) electrons. The van der Waals surface area contributed by atoms with E-state index >= 15 is 0 Å². The number of hydrogen-bond acceptors (Lipinski definition) is 4. The van der Waals surface area contributed by atoms with Gasteiger partial charge in [0, 0.05) is 38.3 Å². The fourth-order valence-corrected chi connectivity index (χ4v) is 3.29. The smallest absolute Gasteiger partial charge is 0.223 e. The molecule has 1 saturated heterocycles. The summed E-state index contributed by atoms with van der Waals surface area (Å²) >= 11 is 0. The lowest BCUT2D eigenvalue weighted by molar-refractivity contribution is -0.130. The van der Waals surface area contributed by atoms with E-state index in [4.69, 9.17) is 4.42 Å². The highest BCUT2D eigenvalue weighted by Gasteiger charge is 2.38. The predicted molar refractivity (Wildman–Crippen MR) is 92.9 cm³/mol. The summed E-state index contributed by atoms with van der Waals surface area (Å²) in [6.07, 6.45) is 2.76. The van der Waals surface area contributed by atoms with E-state index in [1.165, 1.54) is 6.92 Å². The molecule has 1 aliphatic rings. The molecule has 3 rings (SSSR count). The number of pyridine rings is 1. The maximum absolute atomic E-state index is 12.6. The van der Waals surface area contributed by atoms with Crippen molar-refractivity contribution in [2.75, 3.05) is 13.1 Å². The van der Waals surface area contributed by atoms with Crippen molar-refractivity contribution in [2.24, 2.45) is 0 Å². The van der Waals surface area contributed by atoms with Gasteiger partial charge in [0.1, 0.15) is 11.5 Å². The van der Waals surface area contributed by atoms with Crippen LogP contribution in [0.5, 0.6) is 0 Å². The SMILES string of the molecule is CC(=O)N[C@@H]1CN(C(=O)CCc2ccccn2)C[C@H]1c1ccc(C)o1. The van der Waals surface area contributed by atoms with Crippen LogP contribution in [0, 0.1) is 6.92 Å². The quantitative estimate of drug-likeness (QED) is 0.903. The molecule has 1 fully saturated rings. The third-order valence-corrected chi connectivity index (χ3v) is 4.51. The Morgan fingerprint density at radius 1 is 1.28 bits per heavy atom. The first kappa shape index (κ1) is 17.2. The lowest BCUT2D eigenvalue weighted by Gasteiger charge is -2.17. The van der Waals surface area contributed by atoms with E-state index in [-0.39, 0.29) is 23.8 Å². The predicted octanol–water partition coefficient (Wildman–Crippen LogP) is 2.05. The van der Waals surface area contributed by atoms with Gasteiger partial charge in [-0.3, -0.25) is 14.6 Å². The fraction of sp³-hybridized carbons (Fsp3) is 0.421. The minimum Gasteiger partial charge on any atom is -0.466 e. The Bertz CT molecular complexity index is 741. The maximum Gasteiger partial charge on any atom is 0.223 e. The summed E-state index contributed by atoms with van der Waals surface area (Å²) in [5, 5.41) is 2.95. The van der Waals surface area contributed by atoms with Crippen molar-refractivity contribution < 1.29 is 14.0 Å². The van der Waals surface area contributed by atoms with Gasteiger partial charge in [0.2, 0.25) is 11.8 Å². The van der Waals surface area contributed by atoms with Crippen molar-refractivity contribution in [1.29, 1.82) is 0 Å². The molecule has 0 saturated carbocycles. The number of carbonyl (C=O) groups is 2. The zero-order valence-electron chi connectivity index (χ0n) is 14.6. The zero-order valence-corrected chi connectivity index (χ0v) is 14.6. The summed E-state index contributed by atoms with van der Waals surface area (Å²) in [6, 6.07) is 9.42. The van der Waals surface area contributed by atoms with Gasteiger partial charge in [-0.05, 0) is 37.6 Å². The van der Waals surface area contributed by atoms with E-state index in [2.05, 4.69) is 10.3 Å². The van der Waals surface area contributed by atoms with Gasteiger partial charge in [-0.25, -0.2) is 0 Å². The third-order valence-electron chi connectivity index (χ3n) is 4.51. The second kappa shape index (κ2) is 7.51. The lowest BCUT2D eigenvalue weighted by atomic mass is 10.0. The van der Waals surface area contributed by atoms with Gasteiger partial charge in [0.15, 0.2) is 0 Å². The summed E-state index contributed by atoms with van der Waals surface area (Å²) in [4.78, 5) is 30.2. The highest BCUT2D eigenvalue weighted by atomic mass is 16.3. The third kappa shape index (κ3) is 4.26. The van der Waals surface area contributed by atoms with E-state index in [1.54, 1.807) is 6.20 Å². The first-order valence-corrected chi connectivity index (χ1v) is 8.54. The summed E-state index contributed by atoms with van der Waals surface area (Å²) < 4.78 is 5.74. The number of likely N-dealkylation sites (tertiary alicyclic amines) is 1. The van der Waals surface area contributed by atoms with Gasteiger partial charge < -0.3 is 14.6 Å². The van der Waals surface area contributed by atoms with E-state index in [0.717, 1.165) is 17.2 Å². The maximum atomic E-state index is 12.6. The van der Waals surface area contributed by atoms with Crippen molar-refractivity contribution in [3.63, 3.8) is 0 Å². The van der Waals surface area contributed by atoms with E-state index in [1.807, 2.05) is 42.2 Å². The van der Waals surface area contributed by atoms with Crippen molar-refractivity contribution in [3.05, 3.63) is 53.7 Å². The molecule has 2 amide bonds. The molecular formula is C19H23N3O3. The van der Waals surface area contributed by atoms with Gasteiger partial charge in [-0.1, -0.05) is 6.07 Å². The summed E-state index contributed by atoms with van der Waals surface area (Å²) in [5.41, 5.74) is 0.909. The molecule has 0 aromatic carbocycles. The number of aromatic nitrogens is 1. The minimum absolute atomic E-state index is 0.0172. The molecule has 2 atom stereocenters. The molecule has 3 heterocycles. The van der Waals surface area contributed by atoms with Crippen molar-refractivity contribution in [1.82, 2.24) is 15.2 Å². The zero-order chi connectivity index (χ0) is 17.8. The molecule has 0 aliphatic carbocycles. The molecule has 2 aromatic rings. The Hall–Kier alpha value is -2.63. The van der Waals surface area contributed by atoms with Crippen molar-refractivity contribution >= 4 is 11.8 Å². The van der Waals surface area contributed by atoms with Crippen molar-refractivity contribution in [3.8, 4) is 0 Å². The van der Waals surface area contributed by atoms with Crippen LogP contribution in [-0.2, 0) is 16.0 Å². The summed E-state index contributed by atoms with van der Waals surface area (Å²) in [5.74, 6) is 1.61. The number of hydrogen-bond donors (Lipinski definition) is 1. The average Bonchev–Trinajstić information content (AvgIpc) is 3.19. The Kier molecular flexibility index (Phi) is 5.16. The number of aryl methyl sites for hydroxylation is 2. The topological polar surface area (TPSA) is 75.4 Å². The second-order valence-corrected chi connectivity index (χ2v) is 6.48. The lowest BCUT2D eigenvalue weighted by Crippen LogP contribution is -2.39. The Morgan fingerprint density at radius 2 is 2.12 bits per heavy atom. The molecule has 25 heavy (non-hydrogen) atoms. The van der Waals surface area contributed by atoms with Crippen LogP contribution in [0.25, 0.3) is 0 Å². The van der Waals surface area contributed by atoms with Crippen LogP contribution in [0.3, 0.4) is 0 Å². The van der Waals surface area contributed by atoms with E-state index in [0.29, 0.717) is 25.9 Å². The number of amides is 2. The molecule has 0 unspecified atom stereocenters. The molecule has 1 aliphatic heterocycles. The minimum atomic E-state index is -0.123. The number of rotatable bonds is 5. The molecule has 0 bridgehead atoms. The van der Waals surface area contributed by atoms with Crippen LogP contribution in [0.2, 0.25) is 0 Å². The summed E-state index contributed by atoms with van der Waals surface area (Å²) in [7, 11) is 0. The molecule has 0 spiro atoms. The highest BCUT2D eigenvalue weighted by Crippen LogP contribution is 2.29. The Balaban J connectivity index is 1.66. The monoisotopic (exact) mass is 341 g/mol. The van der Waals surface area contributed by atoms with Crippen LogP contribution in [0.15, 0.2) is 40.9 Å². The Labute approximate surface area is 147 Å².